The van der Waals surface area contributed by atoms with E-state index in [1.807, 2.05) is 11.8 Å². The quantitative estimate of drug-likeness (QED) is 0.732. The molecule has 2 N–H and O–H groups in total. The maximum atomic E-state index is 12.1. The van der Waals surface area contributed by atoms with Crippen molar-refractivity contribution in [1.82, 2.24) is 15.5 Å². The van der Waals surface area contributed by atoms with E-state index in [2.05, 4.69) is 10.6 Å². The highest BCUT2D eigenvalue weighted by Crippen LogP contribution is 2.18. The van der Waals surface area contributed by atoms with Gasteiger partial charge < -0.3 is 20.0 Å². The van der Waals surface area contributed by atoms with Crippen LogP contribution in [-0.4, -0.2) is 48.8 Å². The van der Waals surface area contributed by atoms with Crippen molar-refractivity contribution < 1.29 is 18.8 Å². The third kappa shape index (κ3) is 5.11. The van der Waals surface area contributed by atoms with Crippen LogP contribution in [0.15, 0.2) is 22.8 Å². The summed E-state index contributed by atoms with van der Waals surface area (Å²) in [5, 5.41) is 5.51. The molecule has 0 radical (unpaired) electrons. The fourth-order valence-corrected chi connectivity index (χ4v) is 2.76. The summed E-state index contributed by atoms with van der Waals surface area (Å²) < 4.78 is 4.98. The maximum absolute atomic E-state index is 12.1. The number of hydrogen-bond acceptors (Lipinski definition) is 4. The molecule has 1 aromatic rings. The second kappa shape index (κ2) is 9.10. The molecule has 0 spiro atoms. The first kappa shape index (κ1) is 18.0. The smallest absolute Gasteiger partial charge is 0.287 e. The molecule has 0 bridgehead atoms. The van der Waals surface area contributed by atoms with Crippen LogP contribution in [0.3, 0.4) is 0 Å². The van der Waals surface area contributed by atoms with Gasteiger partial charge in [-0.25, -0.2) is 0 Å². The van der Waals surface area contributed by atoms with Crippen LogP contribution in [0.5, 0.6) is 0 Å². The molecule has 1 aliphatic rings. The highest BCUT2D eigenvalue weighted by molar-refractivity contribution is 5.91. The van der Waals surface area contributed by atoms with E-state index in [1.54, 1.807) is 12.1 Å². The number of nitrogens with zero attached hydrogens (tertiary/aromatic N) is 1. The molecule has 1 aliphatic heterocycles. The average molecular weight is 335 g/mol. The lowest BCUT2D eigenvalue weighted by Crippen LogP contribution is -2.44. The molecule has 7 nitrogen and oxygen atoms in total. The lowest BCUT2D eigenvalue weighted by Gasteiger charge is -2.31. The lowest BCUT2D eigenvalue weighted by atomic mass is 9.95. The molecule has 3 amide bonds. The zero-order valence-electron chi connectivity index (χ0n) is 14.0. The molecular weight excluding hydrogens is 310 g/mol. The van der Waals surface area contributed by atoms with Gasteiger partial charge in [-0.3, -0.25) is 14.4 Å². The summed E-state index contributed by atoms with van der Waals surface area (Å²) in [6, 6.07) is 3.23. The van der Waals surface area contributed by atoms with Gasteiger partial charge in [0.25, 0.3) is 5.91 Å². The normalized spacial score (nSPS) is 15.1. The Hall–Kier alpha value is -2.31. The first-order valence-electron chi connectivity index (χ1n) is 8.49. The van der Waals surface area contributed by atoms with Gasteiger partial charge in [0.05, 0.1) is 6.26 Å². The predicted octanol–water partition coefficient (Wildman–Crippen LogP) is 1.16. The topological polar surface area (TPSA) is 91.7 Å². The molecule has 0 unspecified atom stereocenters. The second-order valence-electron chi connectivity index (χ2n) is 5.93. The number of hydrogen-bond donors (Lipinski definition) is 2. The summed E-state index contributed by atoms with van der Waals surface area (Å²) >= 11 is 0. The Balaban J connectivity index is 1.61. The van der Waals surface area contributed by atoms with Gasteiger partial charge in [0.1, 0.15) is 0 Å². The second-order valence-corrected chi connectivity index (χ2v) is 5.93. The van der Waals surface area contributed by atoms with Crippen LogP contribution < -0.4 is 10.6 Å². The number of carbonyl (C=O) groups excluding carboxylic acids is 3. The molecule has 1 saturated heterocycles. The number of carbonyl (C=O) groups is 3. The number of nitrogens with one attached hydrogen (secondary N) is 2. The number of likely N-dealkylation sites (tertiary alicyclic amines) is 1. The van der Waals surface area contributed by atoms with Crippen molar-refractivity contribution in [3.05, 3.63) is 24.2 Å². The number of piperidine rings is 1. The van der Waals surface area contributed by atoms with Gasteiger partial charge in [0.2, 0.25) is 11.8 Å². The van der Waals surface area contributed by atoms with Crippen LogP contribution in [0.25, 0.3) is 0 Å². The maximum Gasteiger partial charge on any atom is 0.287 e. The minimum atomic E-state index is -0.294. The van der Waals surface area contributed by atoms with E-state index in [9.17, 15) is 14.4 Å². The van der Waals surface area contributed by atoms with Crippen molar-refractivity contribution in [2.75, 3.05) is 26.2 Å². The molecule has 2 rings (SSSR count). The van der Waals surface area contributed by atoms with Crippen molar-refractivity contribution in [3.8, 4) is 0 Å². The van der Waals surface area contributed by atoms with E-state index in [0.29, 0.717) is 45.4 Å². The van der Waals surface area contributed by atoms with E-state index < -0.39 is 0 Å². The summed E-state index contributed by atoms with van der Waals surface area (Å²) in [5.74, 6) is 0.0701. The van der Waals surface area contributed by atoms with Gasteiger partial charge in [0.15, 0.2) is 5.76 Å². The van der Waals surface area contributed by atoms with Crippen LogP contribution in [0.4, 0.5) is 0 Å². The van der Waals surface area contributed by atoms with E-state index in [1.165, 1.54) is 6.26 Å². The van der Waals surface area contributed by atoms with E-state index in [-0.39, 0.29) is 29.4 Å². The van der Waals surface area contributed by atoms with Gasteiger partial charge >= 0.3 is 0 Å². The number of rotatable bonds is 7. The first-order chi connectivity index (χ1) is 11.6. The largest absolute Gasteiger partial charge is 0.459 e. The Bertz CT molecular complexity index is 548. The van der Waals surface area contributed by atoms with Crippen LogP contribution in [0.2, 0.25) is 0 Å². The van der Waals surface area contributed by atoms with Gasteiger partial charge in [-0.05, 0) is 31.4 Å². The number of furan rings is 1. The fraction of sp³-hybridized carbons (Fsp3) is 0.588. The Morgan fingerprint density at radius 1 is 1.21 bits per heavy atom. The lowest BCUT2D eigenvalue weighted by molar-refractivity contribution is -0.135. The molecule has 0 saturated carbocycles. The van der Waals surface area contributed by atoms with Crippen LogP contribution in [0.1, 0.15) is 43.2 Å². The van der Waals surface area contributed by atoms with Crippen molar-refractivity contribution >= 4 is 17.7 Å². The van der Waals surface area contributed by atoms with Crippen LogP contribution >= 0.6 is 0 Å². The highest BCUT2D eigenvalue weighted by Gasteiger charge is 2.26. The van der Waals surface area contributed by atoms with E-state index >= 15 is 0 Å². The Morgan fingerprint density at radius 2 is 1.92 bits per heavy atom. The summed E-state index contributed by atoms with van der Waals surface area (Å²) in [5.41, 5.74) is 0. The van der Waals surface area contributed by atoms with Gasteiger partial charge in [-0.15, -0.1) is 0 Å². The Labute approximate surface area is 141 Å². The van der Waals surface area contributed by atoms with Gasteiger partial charge in [0, 0.05) is 38.5 Å². The first-order valence-corrected chi connectivity index (χ1v) is 8.49. The van der Waals surface area contributed by atoms with Crippen molar-refractivity contribution in [2.45, 2.75) is 32.6 Å². The highest BCUT2D eigenvalue weighted by atomic mass is 16.3. The molecular formula is C17H25N3O4. The SMILES string of the molecule is CCCC(=O)N1CCC(C(=O)NCCNC(=O)c2ccco2)CC1. The summed E-state index contributed by atoms with van der Waals surface area (Å²) in [6.07, 6.45) is 4.25. The number of amides is 3. The zero-order valence-corrected chi connectivity index (χ0v) is 14.0. The van der Waals surface area contributed by atoms with Crippen LogP contribution in [0, 0.1) is 5.92 Å². The molecule has 7 heteroatoms. The molecule has 1 aromatic heterocycles. The Morgan fingerprint density at radius 3 is 2.54 bits per heavy atom. The molecule has 132 valence electrons. The van der Waals surface area contributed by atoms with Crippen LogP contribution in [-0.2, 0) is 9.59 Å². The van der Waals surface area contributed by atoms with Crippen molar-refractivity contribution in [3.63, 3.8) is 0 Å². The van der Waals surface area contributed by atoms with E-state index in [4.69, 9.17) is 4.42 Å². The average Bonchev–Trinajstić information content (AvgIpc) is 3.13. The zero-order chi connectivity index (χ0) is 17.4. The monoisotopic (exact) mass is 335 g/mol. The van der Waals surface area contributed by atoms with Crippen molar-refractivity contribution in [1.29, 1.82) is 0 Å². The Kier molecular flexibility index (Phi) is 6.84. The molecule has 2 heterocycles. The summed E-state index contributed by atoms with van der Waals surface area (Å²) in [4.78, 5) is 37.4. The van der Waals surface area contributed by atoms with Crippen molar-refractivity contribution in [2.24, 2.45) is 5.92 Å². The predicted molar refractivity (Wildman–Crippen MR) is 88.3 cm³/mol. The minimum Gasteiger partial charge on any atom is -0.459 e. The molecule has 0 aromatic carbocycles. The standard InChI is InChI=1S/C17H25N3O4/c1-2-4-15(21)20-10-6-13(7-11-20)16(22)18-8-9-19-17(23)14-5-3-12-24-14/h3,5,12-13H,2,4,6-11H2,1H3,(H,18,22)(H,19,23). The fourth-order valence-electron chi connectivity index (χ4n) is 2.76. The molecule has 0 aliphatic carbocycles. The third-order valence-electron chi connectivity index (χ3n) is 4.14. The summed E-state index contributed by atoms with van der Waals surface area (Å²) in [7, 11) is 0. The van der Waals surface area contributed by atoms with Gasteiger partial charge in [-0.2, -0.15) is 0 Å². The summed E-state index contributed by atoms with van der Waals surface area (Å²) in [6.45, 7) is 4.00. The molecule has 24 heavy (non-hydrogen) atoms. The van der Waals surface area contributed by atoms with Gasteiger partial charge in [-0.1, -0.05) is 6.92 Å². The molecule has 0 atom stereocenters. The minimum absolute atomic E-state index is 0.00941. The third-order valence-corrected chi connectivity index (χ3v) is 4.14. The van der Waals surface area contributed by atoms with E-state index in [0.717, 1.165) is 6.42 Å². The molecule has 1 fully saturated rings.